The van der Waals surface area contributed by atoms with Crippen LogP contribution in [0.1, 0.15) is 16.1 Å². The SMILES string of the molecule is CNC(=O)c1nc(-c2ccc(C)cc2)ccc1NC. The van der Waals surface area contributed by atoms with E-state index in [2.05, 4.69) is 15.6 Å². The summed E-state index contributed by atoms with van der Waals surface area (Å²) in [5.41, 5.74) is 4.11. The van der Waals surface area contributed by atoms with Crippen LogP contribution >= 0.6 is 0 Å². The van der Waals surface area contributed by atoms with E-state index in [1.54, 1.807) is 14.1 Å². The number of hydrogen-bond acceptors (Lipinski definition) is 3. The fraction of sp³-hybridized carbons (Fsp3) is 0.200. The van der Waals surface area contributed by atoms with Crippen molar-refractivity contribution in [2.24, 2.45) is 0 Å². The van der Waals surface area contributed by atoms with Crippen LogP contribution in [0.4, 0.5) is 5.69 Å². The van der Waals surface area contributed by atoms with Gasteiger partial charge in [0.05, 0.1) is 11.4 Å². The molecule has 4 heteroatoms. The predicted molar refractivity (Wildman–Crippen MR) is 77.3 cm³/mol. The Hall–Kier alpha value is -2.36. The van der Waals surface area contributed by atoms with E-state index in [9.17, 15) is 4.79 Å². The lowest BCUT2D eigenvalue weighted by atomic mass is 10.1. The van der Waals surface area contributed by atoms with E-state index in [0.29, 0.717) is 5.69 Å². The standard InChI is InChI=1S/C15H17N3O/c1-10-4-6-11(7-5-10)12-8-9-13(16-2)14(18-12)15(19)17-3/h4-9,16H,1-3H3,(H,17,19). The first kappa shape index (κ1) is 13.1. The molecule has 0 fully saturated rings. The summed E-state index contributed by atoms with van der Waals surface area (Å²) in [4.78, 5) is 16.3. The van der Waals surface area contributed by atoms with Crippen molar-refractivity contribution in [2.45, 2.75) is 6.92 Å². The average molecular weight is 255 g/mol. The minimum atomic E-state index is -0.196. The molecule has 2 aromatic rings. The Morgan fingerprint density at radius 1 is 1.05 bits per heavy atom. The molecule has 0 saturated heterocycles. The van der Waals surface area contributed by atoms with Gasteiger partial charge < -0.3 is 10.6 Å². The van der Waals surface area contributed by atoms with Gasteiger partial charge in [0.2, 0.25) is 0 Å². The van der Waals surface area contributed by atoms with Gasteiger partial charge in [-0.2, -0.15) is 0 Å². The number of pyridine rings is 1. The molecule has 1 heterocycles. The minimum absolute atomic E-state index is 0.196. The number of rotatable bonds is 3. The second-order valence-corrected chi connectivity index (χ2v) is 4.29. The van der Waals surface area contributed by atoms with Gasteiger partial charge in [-0.1, -0.05) is 29.8 Å². The summed E-state index contributed by atoms with van der Waals surface area (Å²) < 4.78 is 0. The first-order chi connectivity index (χ1) is 9.15. The van der Waals surface area contributed by atoms with Crippen molar-refractivity contribution < 1.29 is 4.79 Å². The Labute approximate surface area is 112 Å². The van der Waals surface area contributed by atoms with Crippen LogP contribution in [-0.2, 0) is 0 Å². The van der Waals surface area contributed by atoms with E-state index in [4.69, 9.17) is 0 Å². The molecule has 1 aromatic carbocycles. The van der Waals surface area contributed by atoms with E-state index in [-0.39, 0.29) is 5.91 Å². The van der Waals surface area contributed by atoms with Gasteiger partial charge >= 0.3 is 0 Å². The lowest BCUT2D eigenvalue weighted by Gasteiger charge is -2.09. The predicted octanol–water partition coefficient (Wildman–Crippen LogP) is 2.46. The van der Waals surface area contributed by atoms with Crippen LogP contribution in [0.15, 0.2) is 36.4 Å². The maximum absolute atomic E-state index is 11.8. The highest BCUT2D eigenvalue weighted by Gasteiger charge is 2.12. The van der Waals surface area contributed by atoms with Crippen molar-refractivity contribution in [3.8, 4) is 11.3 Å². The van der Waals surface area contributed by atoms with Crippen LogP contribution < -0.4 is 10.6 Å². The van der Waals surface area contributed by atoms with Gasteiger partial charge in [0, 0.05) is 19.7 Å². The molecular formula is C15H17N3O. The van der Waals surface area contributed by atoms with Crippen LogP contribution in [0, 0.1) is 6.92 Å². The summed E-state index contributed by atoms with van der Waals surface area (Å²) in [5, 5.41) is 5.58. The maximum Gasteiger partial charge on any atom is 0.271 e. The first-order valence-corrected chi connectivity index (χ1v) is 6.13. The molecule has 0 spiro atoms. The zero-order chi connectivity index (χ0) is 13.8. The van der Waals surface area contributed by atoms with Crippen molar-refractivity contribution in [1.29, 1.82) is 0 Å². The molecule has 0 aliphatic carbocycles. The second-order valence-electron chi connectivity index (χ2n) is 4.29. The molecule has 2 rings (SSSR count). The zero-order valence-electron chi connectivity index (χ0n) is 11.3. The molecule has 4 nitrogen and oxygen atoms in total. The van der Waals surface area contributed by atoms with E-state index >= 15 is 0 Å². The number of nitrogens with zero attached hydrogens (tertiary/aromatic N) is 1. The normalized spacial score (nSPS) is 10.1. The third kappa shape index (κ3) is 2.73. The molecule has 98 valence electrons. The second kappa shape index (κ2) is 5.52. The summed E-state index contributed by atoms with van der Waals surface area (Å²) >= 11 is 0. The van der Waals surface area contributed by atoms with Gasteiger partial charge in [-0.3, -0.25) is 4.79 Å². The average Bonchev–Trinajstić information content (AvgIpc) is 2.46. The summed E-state index contributed by atoms with van der Waals surface area (Å²) in [6.45, 7) is 2.04. The Kier molecular flexibility index (Phi) is 3.80. The highest BCUT2D eigenvalue weighted by molar-refractivity contribution is 5.98. The number of aryl methyl sites for hydroxylation is 1. The fourth-order valence-electron chi connectivity index (χ4n) is 1.84. The van der Waals surface area contributed by atoms with Crippen LogP contribution in [0.2, 0.25) is 0 Å². The van der Waals surface area contributed by atoms with Crippen molar-refractivity contribution in [2.75, 3.05) is 19.4 Å². The number of carbonyl (C=O) groups excluding carboxylic acids is 1. The lowest BCUT2D eigenvalue weighted by molar-refractivity contribution is 0.0959. The smallest absolute Gasteiger partial charge is 0.271 e. The molecule has 0 unspecified atom stereocenters. The molecule has 0 bridgehead atoms. The molecule has 0 aliphatic rings. The number of benzene rings is 1. The quantitative estimate of drug-likeness (QED) is 0.885. The monoisotopic (exact) mass is 255 g/mol. The molecule has 0 saturated carbocycles. The Balaban J connectivity index is 2.48. The molecule has 19 heavy (non-hydrogen) atoms. The summed E-state index contributed by atoms with van der Waals surface area (Å²) in [7, 11) is 3.37. The van der Waals surface area contributed by atoms with Gasteiger partial charge in [0.15, 0.2) is 5.69 Å². The molecule has 0 aliphatic heterocycles. The highest BCUT2D eigenvalue weighted by Crippen LogP contribution is 2.22. The van der Waals surface area contributed by atoms with Gasteiger partial charge in [-0.25, -0.2) is 4.98 Å². The molecule has 1 aromatic heterocycles. The maximum atomic E-state index is 11.8. The minimum Gasteiger partial charge on any atom is -0.386 e. The van der Waals surface area contributed by atoms with E-state index in [1.807, 2.05) is 43.3 Å². The molecular weight excluding hydrogens is 238 g/mol. The summed E-state index contributed by atoms with van der Waals surface area (Å²) in [6, 6.07) is 11.8. The number of carbonyl (C=O) groups is 1. The molecule has 1 amide bonds. The van der Waals surface area contributed by atoms with Gasteiger partial charge in [-0.15, -0.1) is 0 Å². The van der Waals surface area contributed by atoms with Crippen molar-refractivity contribution >= 4 is 11.6 Å². The van der Waals surface area contributed by atoms with Crippen molar-refractivity contribution in [1.82, 2.24) is 10.3 Å². The van der Waals surface area contributed by atoms with E-state index in [1.165, 1.54) is 5.56 Å². The number of anilines is 1. The number of nitrogens with one attached hydrogen (secondary N) is 2. The Morgan fingerprint density at radius 2 is 1.74 bits per heavy atom. The third-order valence-electron chi connectivity index (χ3n) is 2.95. The summed E-state index contributed by atoms with van der Waals surface area (Å²) in [6.07, 6.45) is 0. The van der Waals surface area contributed by atoms with Crippen molar-refractivity contribution in [3.63, 3.8) is 0 Å². The van der Waals surface area contributed by atoms with Gasteiger partial charge in [-0.05, 0) is 19.1 Å². The van der Waals surface area contributed by atoms with E-state index < -0.39 is 0 Å². The number of aromatic nitrogens is 1. The number of amides is 1. The Morgan fingerprint density at radius 3 is 2.32 bits per heavy atom. The Bertz CT molecular complexity index is 591. The molecule has 2 N–H and O–H groups in total. The van der Waals surface area contributed by atoms with Crippen molar-refractivity contribution in [3.05, 3.63) is 47.7 Å². The summed E-state index contributed by atoms with van der Waals surface area (Å²) in [5.74, 6) is -0.196. The van der Waals surface area contributed by atoms with Crippen LogP contribution in [0.3, 0.4) is 0 Å². The molecule has 0 radical (unpaired) electrons. The highest BCUT2D eigenvalue weighted by atomic mass is 16.1. The topological polar surface area (TPSA) is 54.0 Å². The van der Waals surface area contributed by atoms with E-state index in [0.717, 1.165) is 16.9 Å². The van der Waals surface area contributed by atoms with Crippen LogP contribution in [0.5, 0.6) is 0 Å². The number of hydrogen-bond donors (Lipinski definition) is 2. The van der Waals surface area contributed by atoms with Gasteiger partial charge in [0.25, 0.3) is 5.91 Å². The third-order valence-corrected chi connectivity index (χ3v) is 2.95. The molecule has 0 atom stereocenters. The largest absolute Gasteiger partial charge is 0.386 e. The van der Waals surface area contributed by atoms with Gasteiger partial charge in [0.1, 0.15) is 0 Å². The van der Waals surface area contributed by atoms with Crippen LogP contribution in [-0.4, -0.2) is 25.0 Å². The van der Waals surface area contributed by atoms with Crippen LogP contribution in [0.25, 0.3) is 11.3 Å². The zero-order valence-corrected chi connectivity index (χ0v) is 11.3. The lowest BCUT2D eigenvalue weighted by Crippen LogP contribution is -2.21. The first-order valence-electron chi connectivity index (χ1n) is 6.13. The fourth-order valence-corrected chi connectivity index (χ4v) is 1.84.